The molecule has 34 heavy (non-hydrogen) atoms. The number of allylic oxidation sites excluding steroid dienone is 2. The highest BCUT2D eigenvalue weighted by Crippen LogP contribution is 2.29. The second kappa shape index (κ2) is 10.5. The monoisotopic (exact) mass is 466 g/mol. The highest BCUT2D eigenvalue weighted by molar-refractivity contribution is 5.94. The molecule has 1 aliphatic rings. The van der Waals surface area contributed by atoms with Crippen molar-refractivity contribution in [1.82, 2.24) is 15.3 Å². The Labute approximate surface area is 196 Å². The van der Waals surface area contributed by atoms with Gasteiger partial charge in [-0.3, -0.25) is 9.78 Å². The number of nitrogens with one attached hydrogen (secondary N) is 2. The molecule has 1 aliphatic carbocycles. The fraction of sp³-hybridized carbons (Fsp3) is 0.269. The van der Waals surface area contributed by atoms with Crippen LogP contribution in [-0.2, 0) is 12.6 Å². The van der Waals surface area contributed by atoms with E-state index in [9.17, 15) is 18.0 Å². The van der Waals surface area contributed by atoms with E-state index in [1.165, 1.54) is 11.6 Å². The van der Waals surface area contributed by atoms with Gasteiger partial charge in [0.2, 0.25) is 0 Å². The Morgan fingerprint density at radius 3 is 2.50 bits per heavy atom. The van der Waals surface area contributed by atoms with E-state index in [-0.39, 0.29) is 11.9 Å². The highest BCUT2D eigenvalue weighted by Gasteiger charge is 2.30. The van der Waals surface area contributed by atoms with Gasteiger partial charge in [-0.05, 0) is 74.1 Å². The van der Waals surface area contributed by atoms with Gasteiger partial charge in [0.25, 0.3) is 5.91 Å². The molecule has 8 heteroatoms. The molecule has 4 rings (SSSR count). The molecule has 1 aromatic carbocycles. The number of aromatic nitrogens is 2. The molecule has 2 N–H and O–H groups in total. The van der Waals surface area contributed by atoms with Gasteiger partial charge in [-0.1, -0.05) is 23.8 Å². The summed E-state index contributed by atoms with van der Waals surface area (Å²) in [5, 5.41) is 6.16. The van der Waals surface area contributed by atoms with Gasteiger partial charge in [-0.25, -0.2) is 4.98 Å². The number of amides is 1. The van der Waals surface area contributed by atoms with Gasteiger partial charge in [0, 0.05) is 35.9 Å². The molecule has 0 saturated heterocycles. The first-order chi connectivity index (χ1) is 16.4. The quantitative estimate of drug-likeness (QED) is 0.432. The Kier molecular flexibility index (Phi) is 7.25. The van der Waals surface area contributed by atoms with E-state index in [0.717, 1.165) is 55.6 Å². The lowest BCUT2D eigenvalue weighted by Gasteiger charge is -2.25. The molecule has 2 heterocycles. The number of nitrogens with zero attached hydrogens (tertiary/aromatic N) is 2. The van der Waals surface area contributed by atoms with Crippen molar-refractivity contribution in [1.29, 1.82) is 0 Å². The normalized spacial score (nSPS) is 16.1. The van der Waals surface area contributed by atoms with Crippen molar-refractivity contribution >= 4 is 17.4 Å². The van der Waals surface area contributed by atoms with E-state index in [1.54, 1.807) is 24.5 Å². The average molecular weight is 467 g/mol. The Morgan fingerprint density at radius 1 is 1.06 bits per heavy atom. The first-order valence-electron chi connectivity index (χ1n) is 11.1. The van der Waals surface area contributed by atoms with E-state index in [2.05, 4.69) is 26.7 Å². The predicted molar refractivity (Wildman–Crippen MR) is 125 cm³/mol. The number of rotatable bonds is 6. The number of pyridine rings is 2. The number of alkyl halides is 3. The number of benzene rings is 1. The van der Waals surface area contributed by atoms with Crippen molar-refractivity contribution in [2.24, 2.45) is 0 Å². The SMILES string of the molecule is O=C(NC1CCC(=CCc2cccc(Nc3ccc(C(F)(F)F)cn3)c2)CC1)c1ccncc1. The highest BCUT2D eigenvalue weighted by atomic mass is 19.4. The minimum absolute atomic E-state index is 0.0633. The van der Waals surface area contributed by atoms with Crippen molar-refractivity contribution in [3.63, 3.8) is 0 Å². The third-order valence-electron chi connectivity index (χ3n) is 5.82. The van der Waals surface area contributed by atoms with Crippen LogP contribution in [0, 0.1) is 0 Å². The summed E-state index contributed by atoms with van der Waals surface area (Å²) in [7, 11) is 0. The van der Waals surface area contributed by atoms with Gasteiger partial charge in [0.05, 0.1) is 5.56 Å². The summed E-state index contributed by atoms with van der Waals surface area (Å²) in [6.45, 7) is 0. The lowest BCUT2D eigenvalue weighted by atomic mass is 9.89. The number of halogens is 3. The molecule has 0 aliphatic heterocycles. The van der Waals surface area contributed by atoms with E-state index in [0.29, 0.717) is 11.4 Å². The Morgan fingerprint density at radius 2 is 1.82 bits per heavy atom. The largest absolute Gasteiger partial charge is 0.417 e. The third kappa shape index (κ3) is 6.43. The Hall–Kier alpha value is -3.68. The van der Waals surface area contributed by atoms with Crippen molar-refractivity contribution in [2.75, 3.05) is 5.32 Å². The second-order valence-corrected chi connectivity index (χ2v) is 8.31. The molecule has 3 aromatic rings. The zero-order valence-electron chi connectivity index (χ0n) is 18.5. The van der Waals surface area contributed by atoms with Crippen LogP contribution >= 0.6 is 0 Å². The number of hydrogen-bond donors (Lipinski definition) is 2. The fourth-order valence-electron chi connectivity index (χ4n) is 3.93. The van der Waals surface area contributed by atoms with Crippen molar-refractivity contribution < 1.29 is 18.0 Å². The second-order valence-electron chi connectivity index (χ2n) is 8.31. The van der Waals surface area contributed by atoms with Crippen LogP contribution in [0.25, 0.3) is 0 Å². The predicted octanol–water partition coefficient (Wildman–Crippen LogP) is 6.08. The Bertz CT molecular complexity index is 1130. The summed E-state index contributed by atoms with van der Waals surface area (Å²) in [5.74, 6) is 0.294. The summed E-state index contributed by atoms with van der Waals surface area (Å²) >= 11 is 0. The number of anilines is 2. The molecule has 0 unspecified atom stereocenters. The summed E-state index contributed by atoms with van der Waals surface area (Å²) < 4.78 is 38.1. The van der Waals surface area contributed by atoms with E-state index >= 15 is 0 Å². The zero-order chi connectivity index (χ0) is 24.0. The van der Waals surface area contributed by atoms with Crippen LogP contribution in [0.4, 0.5) is 24.7 Å². The van der Waals surface area contributed by atoms with Crippen LogP contribution in [0.2, 0.25) is 0 Å². The lowest BCUT2D eigenvalue weighted by Crippen LogP contribution is -2.36. The maximum atomic E-state index is 12.7. The topological polar surface area (TPSA) is 66.9 Å². The number of carbonyl (C=O) groups excluding carboxylic acids is 1. The molecule has 0 spiro atoms. The van der Waals surface area contributed by atoms with Crippen LogP contribution in [-0.4, -0.2) is 21.9 Å². The fourth-order valence-corrected chi connectivity index (χ4v) is 3.93. The summed E-state index contributed by atoms with van der Waals surface area (Å²) in [5.41, 5.74) is 3.08. The van der Waals surface area contributed by atoms with Crippen LogP contribution in [0.1, 0.15) is 47.2 Å². The molecule has 5 nitrogen and oxygen atoms in total. The summed E-state index contributed by atoms with van der Waals surface area (Å²) in [4.78, 5) is 20.1. The number of hydrogen-bond acceptors (Lipinski definition) is 4. The zero-order valence-corrected chi connectivity index (χ0v) is 18.5. The summed E-state index contributed by atoms with van der Waals surface area (Å²) in [6.07, 6.45) is 6.34. The minimum Gasteiger partial charge on any atom is -0.349 e. The lowest BCUT2D eigenvalue weighted by molar-refractivity contribution is -0.137. The number of carbonyl (C=O) groups is 1. The minimum atomic E-state index is -4.40. The van der Waals surface area contributed by atoms with Crippen LogP contribution in [0.3, 0.4) is 0 Å². The van der Waals surface area contributed by atoms with Crippen molar-refractivity contribution in [2.45, 2.75) is 44.3 Å². The molecule has 1 saturated carbocycles. The molecule has 1 fully saturated rings. The van der Waals surface area contributed by atoms with E-state index in [4.69, 9.17) is 0 Å². The molecule has 0 bridgehead atoms. The van der Waals surface area contributed by atoms with Crippen LogP contribution in [0.5, 0.6) is 0 Å². The smallest absolute Gasteiger partial charge is 0.349 e. The van der Waals surface area contributed by atoms with E-state index < -0.39 is 11.7 Å². The maximum Gasteiger partial charge on any atom is 0.417 e. The average Bonchev–Trinajstić information content (AvgIpc) is 2.84. The molecule has 0 radical (unpaired) electrons. The maximum absolute atomic E-state index is 12.7. The third-order valence-corrected chi connectivity index (χ3v) is 5.82. The van der Waals surface area contributed by atoms with Gasteiger partial charge in [-0.15, -0.1) is 0 Å². The van der Waals surface area contributed by atoms with Gasteiger partial charge < -0.3 is 10.6 Å². The van der Waals surface area contributed by atoms with Crippen LogP contribution in [0.15, 0.2) is 78.8 Å². The first-order valence-corrected chi connectivity index (χ1v) is 11.1. The molecule has 1 amide bonds. The van der Waals surface area contributed by atoms with Gasteiger partial charge in [0.1, 0.15) is 5.82 Å². The van der Waals surface area contributed by atoms with Crippen molar-refractivity contribution in [3.8, 4) is 0 Å². The van der Waals surface area contributed by atoms with Gasteiger partial charge in [0.15, 0.2) is 0 Å². The molecular formula is C26H25F3N4O. The molecule has 0 atom stereocenters. The van der Waals surface area contributed by atoms with Crippen molar-refractivity contribution in [3.05, 3.63) is 95.5 Å². The standard InChI is InChI=1S/C26H25F3N4O/c27-26(28,29)21-8-11-24(31-17-21)32-23-3-1-2-19(16-23)5-4-18-6-9-22(10-7-18)33-25(34)20-12-14-30-15-13-20/h1-4,8,11-17,22H,5-7,9-10H2,(H,31,32)(H,33,34). The summed E-state index contributed by atoms with van der Waals surface area (Å²) in [6, 6.07) is 13.7. The molecular weight excluding hydrogens is 441 g/mol. The molecule has 176 valence electrons. The van der Waals surface area contributed by atoms with Crippen LogP contribution < -0.4 is 10.6 Å². The van der Waals surface area contributed by atoms with E-state index in [1.807, 2.05) is 24.3 Å². The van der Waals surface area contributed by atoms with Gasteiger partial charge >= 0.3 is 6.18 Å². The molecule has 2 aromatic heterocycles. The first kappa shape index (κ1) is 23.5. The van der Waals surface area contributed by atoms with Gasteiger partial charge in [-0.2, -0.15) is 13.2 Å². The Balaban J connectivity index is 1.28.